The molecule has 0 aliphatic carbocycles. The van der Waals surface area contributed by atoms with E-state index in [-0.39, 0.29) is 0 Å². The summed E-state index contributed by atoms with van der Waals surface area (Å²) in [5.74, 6) is -2.30. The normalized spacial score (nSPS) is 13.2. The zero-order valence-electron chi connectivity index (χ0n) is 11.0. The van der Waals surface area contributed by atoms with E-state index in [1.165, 1.54) is 0 Å². The largest absolute Gasteiger partial charge is 0.478 e. The molecule has 0 fully saturated rings. The lowest BCUT2D eigenvalue weighted by atomic mass is 10.1. The third kappa shape index (κ3) is 3.67. The van der Waals surface area contributed by atoms with Crippen molar-refractivity contribution in [3.05, 3.63) is 71.8 Å². The van der Waals surface area contributed by atoms with E-state index in [9.17, 15) is 14.7 Å². The molecule has 108 valence electrons. The predicted molar refractivity (Wildman–Crippen MR) is 74.3 cm³/mol. The van der Waals surface area contributed by atoms with Crippen molar-refractivity contribution in [2.75, 3.05) is 0 Å². The van der Waals surface area contributed by atoms with Crippen LogP contribution in [-0.4, -0.2) is 22.2 Å². The molecular weight excluding hydrogens is 272 g/mol. The number of benzene rings is 2. The Bertz CT molecular complexity index is 609. The zero-order chi connectivity index (χ0) is 15.2. The molecule has 0 saturated carbocycles. The minimum atomic E-state index is -1.52. The molecule has 0 aromatic heterocycles. The molecule has 0 heterocycles. The van der Waals surface area contributed by atoms with Crippen LogP contribution in [0.2, 0.25) is 0 Å². The Morgan fingerprint density at radius 2 is 1.33 bits per heavy atom. The lowest BCUT2D eigenvalue weighted by molar-refractivity contribution is -0.171. The summed E-state index contributed by atoms with van der Waals surface area (Å²) in [6.07, 6.45) is -2.96. The molecule has 2 N–H and O–H groups in total. The number of carboxylic acid groups (broad SMARTS) is 1. The maximum Gasteiger partial charge on any atom is 0.349 e. The molecule has 0 radical (unpaired) electrons. The van der Waals surface area contributed by atoms with Crippen molar-refractivity contribution >= 4 is 11.9 Å². The van der Waals surface area contributed by atoms with Crippen LogP contribution in [-0.2, 0) is 14.3 Å². The van der Waals surface area contributed by atoms with Gasteiger partial charge in [0.05, 0.1) is 0 Å². The van der Waals surface area contributed by atoms with Crippen LogP contribution >= 0.6 is 0 Å². The maximum atomic E-state index is 11.9. The van der Waals surface area contributed by atoms with E-state index in [0.29, 0.717) is 11.1 Å². The first-order valence-corrected chi connectivity index (χ1v) is 6.31. The molecule has 2 aromatic carbocycles. The number of rotatable bonds is 5. The van der Waals surface area contributed by atoms with E-state index in [1.54, 1.807) is 60.7 Å². The summed E-state index contributed by atoms with van der Waals surface area (Å²) in [4.78, 5) is 23.1. The van der Waals surface area contributed by atoms with Crippen LogP contribution in [0.5, 0.6) is 0 Å². The van der Waals surface area contributed by atoms with E-state index in [1.807, 2.05) is 0 Å². The van der Waals surface area contributed by atoms with Crippen molar-refractivity contribution in [1.82, 2.24) is 0 Å². The highest BCUT2D eigenvalue weighted by Gasteiger charge is 2.28. The third-order valence-electron chi connectivity index (χ3n) is 2.90. The van der Waals surface area contributed by atoms with Gasteiger partial charge in [-0.25, -0.2) is 9.59 Å². The van der Waals surface area contributed by atoms with Gasteiger partial charge in [-0.3, -0.25) is 0 Å². The molecule has 5 heteroatoms. The van der Waals surface area contributed by atoms with Gasteiger partial charge in [-0.2, -0.15) is 0 Å². The van der Waals surface area contributed by atoms with Gasteiger partial charge in [0.15, 0.2) is 6.10 Å². The number of hydrogen-bond acceptors (Lipinski definition) is 4. The number of carboxylic acids is 1. The first-order valence-electron chi connectivity index (χ1n) is 6.31. The molecule has 5 nitrogen and oxygen atoms in total. The molecule has 0 amide bonds. The second-order valence-corrected chi connectivity index (χ2v) is 4.38. The number of aliphatic carboxylic acids is 1. The van der Waals surface area contributed by atoms with Crippen molar-refractivity contribution in [2.45, 2.75) is 12.2 Å². The Kier molecular flexibility index (Phi) is 4.68. The van der Waals surface area contributed by atoms with Gasteiger partial charge in [-0.1, -0.05) is 60.7 Å². The van der Waals surface area contributed by atoms with Gasteiger partial charge in [-0.15, -0.1) is 0 Å². The summed E-state index contributed by atoms with van der Waals surface area (Å²) < 4.78 is 4.93. The van der Waals surface area contributed by atoms with Gasteiger partial charge in [0, 0.05) is 5.56 Å². The van der Waals surface area contributed by atoms with Gasteiger partial charge in [-0.05, 0) is 5.56 Å². The Morgan fingerprint density at radius 1 is 0.857 bits per heavy atom. The Balaban J connectivity index is 2.14. The smallest absolute Gasteiger partial charge is 0.349 e. The number of hydrogen-bond donors (Lipinski definition) is 2. The Morgan fingerprint density at radius 3 is 1.81 bits per heavy atom. The van der Waals surface area contributed by atoms with Gasteiger partial charge in [0.1, 0.15) is 0 Å². The molecule has 0 bridgehead atoms. The number of carbonyl (C=O) groups is 2. The predicted octanol–water partition coefficient (Wildman–Crippen LogP) is 2.09. The van der Waals surface area contributed by atoms with Crippen molar-refractivity contribution in [2.24, 2.45) is 0 Å². The van der Waals surface area contributed by atoms with E-state index in [0.717, 1.165) is 0 Å². The molecule has 2 atom stereocenters. The highest BCUT2D eigenvalue weighted by molar-refractivity contribution is 5.82. The highest BCUT2D eigenvalue weighted by Crippen LogP contribution is 2.22. The summed E-state index contributed by atoms with van der Waals surface area (Å²) in [6, 6.07) is 16.3. The molecule has 21 heavy (non-hydrogen) atoms. The number of aliphatic hydroxyl groups is 1. The van der Waals surface area contributed by atoms with E-state index >= 15 is 0 Å². The van der Waals surface area contributed by atoms with Crippen molar-refractivity contribution in [3.63, 3.8) is 0 Å². The highest BCUT2D eigenvalue weighted by atomic mass is 16.6. The number of carbonyl (C=O) groups excluding carboxylic acids is 1. The fourth-order valence-electron chi connectivity index (χ4n) is 1.84. The minimum Gasteiger partial charge on any atom is -0.478 e. The average Bonchev–Trinajstić information content (AvgIpc) is 2.53. The van der Waals surface area contributed by atoms with Crippen LogP contribution < -0.4 is 0 Å². The lowest BCUT2D eigenvalue weighted by Crippen LogP contribution is -2.23. The first kappa shape index (κ1) is 14.7. The second-order valence-electron chi connectivity index (χ2n) is 4.38. The summed E-state index contributed by atoms with van der Waals surface area (Å²) in [6.45, 7) is 0. The molecule has 0 spiro atoms. The molecule has 2 rings (SSSR count). The third-order valence-corrected chi connectivity index (χ3v) is 2.90. The van der Waals surface area contributed by atoms with E-state index in [2.05, 4.69) is 0 Å². The van der Waals surface area contributed by atoms with Crippen LogP contribution in [0.1, 0.15) is 23.3 Å². The summed E-state index contributed by atoms with van der Waals surface area (Å²) in [5, 5.41) is 19.1. The van der Waals surface area contributed by atoms with E-state index in [4.69, 9.17) is 9.84 Å². The van der Waals surface area contributed by atoms with Gasteiger partial charge >= 0.3 is 11.9 Å². The molecule has 0 aliphatic rings. The second kappa shape index (κ2) is 6.67. The van der Waals surface area contributed by atoms with Crippen molar-refractivity contribution in [1.29, 1.82) is 0 Å². The van der Waals surface area contributed by atoms with Crippen LogP contribution in [0.3, 0.4) is 0 Å². The molecule has 0 aliphatic heterocycles. The van der Waals surface area contributed by atoms with Crippen molar-refractivity contribution < 1.29 is 24.5 Å². The number of aliphatic hydroxyl groups excluding tert-OH is 1. The van der Waals surface area contributed by atoms with Crippen LogP contribution in [0.15, 0.2) is 60.7 Å². The molecule has 0 unspecified atom stereocenters. The number of ether oxygens (including phenoxy) is 1. The monoisotopic (exact) mass is 286 g/mol. The van der Waals surface area contributed by atoms with Crippen LogP contribution in [0, 0.1) is 0 Å². The quantitative estimate of drug-likeness (QED) is 0.822. The lowest BCUT2D eigenvalue weighted by Gasteiger charge is -2.16. The van der Waals surface area contributed by atoms with Crippen LogP contribution in [0.25, 0.3) is 0 Å². The standard InChI is InChI=1S/C16H14O5/c17-13(11-7-3-1-4-8-11)16(20)21-14(15(18)19)12-9-5-2-6-10-12/h1-10,13-14,17H,(H,18,19)/t13-,14-/m0/s1. The molecule has 2 aromatic rings. The Labute approximate surface area is 121 Å². The topological polar surface area (TPSA) is 83.8 Å². The summed E-state index contributed by atoms with van der Waals surface area (Å²) >= 11 is 0. The van der Waals surface area contributed by atoms with Gasteiger partial charge < -0.3 is 14.9 Å². The first-order chi connectivity index (χ1) is 10.1. The summed E-state index contributed by atoms with van der Waals surface area (Å²) in [7, 11) is 0. The zero-order valence-corrected chi connectivity index (χ0v) is 11.0. The molecular formula is C16H14O5. The molecule has 0 saturated heterocycles. The fourth-order valence-corrected chi connectivity index (χ4v) is 1.84. The SMILES string of the molecule is O=C(O[C@H](C(=O)O)c1ccccc1)[C@@H](O)c1ccccc1. The van der Waals surface area contributed by atoms with Gasteiger partial charge in [0.2, 0.25) is 6.10 Å². The Hall–Kier alpha value is -2.66. The minimum absolute atomic E-state index is 0.332. The summed E-state index contributed by atoms with van der Waals surface area (Å²) in [5.41, 5.74) is 0.679. The fraction of sp³-hybridized carbons (Fsp3) is 0.125. The van der Waals surface area contributed by atoms with Crippen molar-refractivity contribution in [3.8, 4) is 0 Å². The van der Waals surface area contributed by atoms with Gasteiger partial charge in [0.25, 0.3) is 0 Å². The number of esters is 1. The maximum absolute atomic E-state index is 11.9. The van der Waals surface area contributed by atoms with Crippen LogP contribution in [0.4, 0.5) is 0 Å². The average molecular weight is 286 g/mol. The van der Waals surface area contributed by atoms with E-state index < -0.39 is 24.1 Å².